The summed E-state index contributed by atoms with van der Waals surface area (Å²) >= 11 is 1.56. The molecule has 0 spiro atoms. The number of benzene rings is 1. The van der Waals surface area contributed by atoms with E-state index in [1.165, 1.54) is 31.4 Å². The Hall–Kier alpha value is -2.41. The monoisotopic (exact) mass is 431 g/mol. The highest BCUT2D eigenvalue weighted by molar-refractivity contribution is 7.08. The Balaban J connectivity index is 1.49. The lowest BCUT2D eigenvalue weighted by molar-refractivity contribution is -0.129. The molecule has 162 valence electrons. The summed E-state index contributed by atoms with van der Waals surface area (Å²) in [5, 5.41) is 12.9. The van der Waals surface area contributed by atoms with Gasteiger partial charge in [-0.05, 0) is 59.0 Å². The van der Waals surface area contributed by atoms with Gasteiger partial charge in [-0.25, -0.2) is 4.39 Å². The zero-order valence-corrected chi connectivity index (χ0v) is 18.0. The second-order valence-electron chi connectivity index (χ2n) is 7.89. The van der Waals surface area contributed by atoms with Crippen LogP contribution in [-0.2, 0) is 16.0 Å². The first kappa shape index (κ1) is 22.3. The van der Waals surface area contributed by atoms with E-state index in [0.29, 0.717) is 31.8 Å². The first-order chi connectivity index (χ1) is 14.6. The average Bonchev–Trinajstić information content (AvgIpc) is 3.25. The van der Waals surface area contributed by atoms with Crippen molar-refractivity contribution in [3.05, 3.63) is 52.5 Å². The van der Waals surface area contributed by atoms with Crippen LogP contribution in [0.4, 0.5) is 10.1 Å². The Kier molecular flexibility index (Phi) is 8.68. The molecule has 0 radical (unpaired) electrons. The van der Waals surface area contributed by atoms with Crippen molar-refractivity contribution >= 4 is 28.8 Å². The summed E-state index contributed by atoms with van der Waals surface area (Å²) in [6.07, 6.45) is 6.88. The molecule has 0 saturated heterocycles. The van der Waals surface area contributed by atoms with E-state index in [9.17, 15) is 14.0 Å². The Morgan fingerprint density at radius 3 is 2.53 bits per heavy atom. The standard InChI is InChI=1S/C23H30FN3O2S/c24-19-6-8-20(9-7-19)25-11-12-26-23(29)21(14-17-4-2-1-3-5-17)27-22(28)15-18-10-13-30-16-18/h6-10,13,16-17,21,25H,1-5,11-12,14-15H2,(H,26,29)(H,27,28)/t21-/m0/s1. The topological polar surface area (TPSA) is 70.2 Å². The van der Waals surface area contributed by atoms with E-state index in [0.717, 1.165) is 24.1 Å². The van der Waals surface area contributed by atoms with Crippen LogP contribution in [0.25, 0.3) is 0 Å². The lowest BCUT2D eigenvalue weighted by Gasteiger charge is -2.26. The summed E-state index contributed by atoms with van der Waals surface area (Å²) in [6.45, 7) is 0.953. The molecule has 1 aromatic heterocycles. The van der Waals surface area contributed by atoms with Crippen LogP contribution in [0.1, 0.15) is 44.1 Å². The average molecular weight is 432 g/mol. The molecule has 2 aromatic rings. The highest BCUT2D eigenvalue weighted by Gasteiger charge is 2.25. The number of hydrogen-bond acceptors (Lipinski definition) is 4. The summed E-state index contributed by atoms with van der Waals surface area (Å²) in [6, 6.07) is 7.53. The molecule has 30 heavy (non-hydrogen) atoms. The van der Waals surface area contributed by atoms with Gasteiger partial charge in [0.05, 0.1) is 6.42 Å². The maximum absolute atomic E-state index is 13.0. The number of thiophene rings is 1. The van der Waals surface area contributed by atoms with Gasteiger partial charge in [-0.3, -0.25) is 9.59 Å². The highest BCUT2D eigenvalue weighted by Crippen LogP contribution is 2.27. The number of carbonyl (C=O) groups excluding carboxylic acids is 2. The molecule has 1 aromatic carbocycles. The fourth-order valence-corrected chi connectivity index (χ4v) is 4.56. The number of carbonyl (C=O) groups is 2. The van der Waals surface area contributed by atoms with Crippen molar-refractivity contribution in [2.45, 2.75) is 51.0 Å². The summed E-state index contributed by atoms with van der Waals surface area (Å²) in [5.41, 5.74) is 1.77. The van der Waals surface area contributed by atoms with Gasteiger partial charge in [-0.15, -0.1) is 0 Å². The minimum Gasteiger partial charge on any atom is -0.383 e. The first-order valence-electron chi connectivity index (χ1n) is 10.7. The minimum atomic E-state index is -0.509. The molecule has 1 saturated carbocycles. The first-order valence-corrected chi connectivity index (χ1v) is 11.6. The fourth-order valence-electron chi connectivity index (χ4n) is 3.90. The minimum absolute atomic E-state index is 0.117. The van der Waals surface area contributed by atoms with E-state index >= 15 is 0 Å². The van der Waals surface area contributed by atoms with E-state index in [1.807, 2.05) is 16.8 Å². The van der Waals surface area contributed by atoms with Crippen LogP contribution >= 0.6 is 11.3 Å². The number of anilines is 1. The molecule has 0 unspecified atom stereocenters. The van der Waals surface area contributed by atoms with Gasteiger partial charge in [0.25, 0.3) is 0 Å². The van der Waals surface area contributed by atoms with Crippen LogP contribution in [0.3, 0.4) is 0 Å². The molecule has 1 aliphatic carbocycles. The van der Waals surface area contributed by atoms with E-state index in [1.54, 1.807) is 23.5 Å². The van der Waals surface area contributed by atoms with Crippen LogP contribution in [0, 0.1) is 11.7 Å². The van der Waals surface area contributed by atoms with Crippen molar-refractivity contribution in [2.24, 2.45) is 5.92 Å². The van der Waals surface area contributed by atoms with Gasteiger partial charge < -0.3 is 16.0 Å². The summed E-state index contributed by atoms with van der Waals surface area (Å²) < 4.78 is 13.0. The van der Waals surface area contributed by atoms with Crippen molar-refractivity contribution < 1.29 is 14.0 Å². The Morgan fingerprint density at radius 2 is 1.83 bits per heavy atom. The molecular weight excluding hydrogens is 401 g/mol. The third-order valence-corrected chi connectivity index (χ3v) is 6.22. The molecule has 0 aliphatic heterocycles. The van der Waals surface area contributed by atoms with Crippen molar-refractivity contribution in [1.29, 1.82) is 0 Å². The van der Waals surface area contributed by atoms with Gasteiger partial charge in [0.2, 0.25) is 11.8 Å². The van der Waals surface area contributed by atoms with Crippen molar-refractivity contribution in [2.75, 3.05) is 18.4 Å². The largest absolute Gasteiger partial charge is 0.383 e. The van der Waals surface area contributed by atoms with Crippen molar-refractivity contribution in [3.8, 4) is 0 Å². The molecule has 1 heterocycles. The van der Waals surface area contributed by atoms with Crippen LogP contribution in [0.5, 0.6) is 0 Å². The molecule has 1 fully saturated rings. The smallest absolute Gasteiger partial charge is 0.242 e. The second kappa shape index (κ2) is 11.7. The maximum Gasteiger partial charge on any atom is 0.242 e. The lowest BCUT2D eigenvalue weighted by Crippen LogP contribution is -2.49. The number of hydrogen-bond donors (Lipinski definition) is 3. The van der Waals surface area contributed by atoms with Gasteiger partial charge >= 0.3 is 0 Å². The third-order valence-electron chi connectivity index (χ3n) is 5.49. The number of rotatable bonds is 10. The molecule has 3 rings (SSSR count). The van der Waals surface area contributed by atoms with Gasteiger partial charge in [-0.1, -0.05) is 32.1 Å². The molecule has 5 nitrogen and oxygen atoms in total. The van der Waals surface area contributed by atoms with E-state index in [2.05, 4.69) is 16.0 Å². The van der Waals surface area contributed by atoms with Crippen LogP contribution < -0.4 is 16.0 Å². The molecule has 3 N–H and O–H groups in total. The van der Waals surface area contributed by atoms with Gasteiger partial charge in [0.1, 0.15) is 11.9 Å². The highest BCUT2D eigenvalue weighted by atomic mass is 32.1. The van der Waals surface area contributed by atoms with Crippen molar-refractivity contribution in [3.63, 3.8) is 0 Å². The molecule has 7 heteroatoms. The van der Waals surface area contributed by atoms with Gasteiger partial charge in [0.15, 0.2) is 0 Å². The van der Waals surface area contributed by atoms with E-state index < -0.39 is 6.04 Å². The molecule has 2 amide bonds. The second-order valence-corrected chi connectivity index (χ2v) is 8.67. The van der Waals surface area contributed by atoms with Gasteiger partial charge in [0, 0.05) is 18.8 Å². The molecule has 0 bridgehead atoms. The normalized spacial score (nSPS) is 15.4. The number of halogens is 1. The Bertz CT molecular complexity index is 789. The Labute approximate surface area is 181 Å². The Morgan fingerprint density at radius 1 is 1.07 bits per heavy atom. The fraction of sp³-hybridized carbons (Fsp3) is 0.478. The molecule has 1 aliphatic rings. The predicted octanol–water partition coefficient (Wildman–Crippen LogP) is 4.11. The summed E-state index contributed by atoms with van der Waals surface area (Å²) in [4.78, 5) is 25.3. The van der Waals surface area contributed by atoms with Crippen LogP contribution in [-0.4, -0.2) is 30.9 Å². The number of nitrogens with one attached hydrogen (secondary N) is 3. The zero-order valence-electron chi connectivity index (χ0n) is 17.2. The summed E-state index contributed by atoms with van der Waals surface area (Å²) in [5.74, 6) is -0.0557. The summed E-state index contributed by atoms with van der Waals surface area (Å²) in [7, 11) is 0. The van der Waals surface area contributed by atoms with E-state index in [4.69, 9.17) is 0 Å². The lowest BCUT2D eigenvalue weighted by atomic mass is 9.84. The third kappa shape index (κ3) is 7.44. The quantitative estimate of drug-likeness (QED) is 0.496. The molecule has 1 atom stereocenters. The van der Waals surface area contributed by atoms with Crippen molar-refractivity contribution in [1.82, 2.24) is 10.6 Å². The SMILES string of the molecule is O=C(Cc1ccsc1)N[C@@H](CC1CCCCC1)C(=O)NCCNc1ccc(F)cc1. The van der Waals surface area contributed by atoms with Crippen LogP contribution in [0.15, 0.2) is 41.1 Å². The zero-order chi connectivity index (χ0) is 21.2. The number of amides is 2. The predicted molar refractivity (Wildman–Crippen MR) is 119 cm³/mol. The van der Waals surface area contributed by atoms with E-state index in [-0.39, 0.29) is 17.6 Å². The van der Waals surface area contributed by atoms with Gasteiger partial charge in [-0.2, -0.15) is 11.3 Å². The van der Waals surface area contributed by atoms with Crippen LogP contribution in [0.2, 0.25) is 0 Å². The maximum atomic E-state index is 13.0. The molecular formula is C23H30FN3O2S.